The average molecular weight is 321 g/mol. The molecule has 0 aromatic heterocycles. The molecule has 0 spiro atoms. The third-order valence-corrected chi connectivity index (χ3v) is 3.42. The lowest BCUT2D eigenvalue weighted by Gasteiger charge is -2.16. The van der Waals surface area contributed by atoms with Gasteiger partial charge in [-0.25, -0.2) is 4.39 Å². The largest absolute Gasteiger partial charge is 0.496 e. The molecule has 0 atom stereocenters. The summed E-state index contributed by atoms with van der Waals surface area (Å²) in [4.78, 5) is 0. The first-order valence-corrected chi connectivity index (χ1v) is 6.99. The molecule has 0 aliphatic heterocycles. The van der Waals surface area contributed by atoms with Crippen LogP contribution in [-0.4, -0.2) is 28.4 Å². The average Bonchev–Trinajstić information content (AvgIpc) is 2.59. The normalized spacial score (nSPS) is 10.1. The van der Waals surface area contributed by atoms with E-state index in [0.29, 0.717) is 35.2 Å². The van der Waals surface area contributed by atoms with Crippen molar-refractivity contribution in [1.82, 2.24) is 0 Å². The van der Waals surface area contributed by atoms with Crippen molar-refractivity contribution in [3.63, 3.8) is 0 Å². The van der Waals surface area contributed by atoms with Gasteiger partial charge in [-0.15, -0.1) is 0 Å². The second-order valence-electron chi connectivity index (χ2n) is 4.72. The third kappa shape index (κ3) is 3.77. The summed E-state index contributed by atoms with van der Waals surface area (Å²) in [6.45, 7) is 0.450. The molecule has 0 fully saturated rings. The van der Waals surface area contributed by atoms with Crippen LogP contribution in [-0.2, 0) is 6.54 Å². The Morgan fingerprint density at radius 3 is 2.00 bits per heavy atom. The van der Waals surface area contributed by atoms with Gasteiger partial charge in [0.1, 0.15) is 17.3 Å². The van der Waals surface area contributed by atoms with Crippen LogP contribution in [0.3, 0.4) is 0 Å². The smallest absolute Gasteiger partial charge is 0.164 e. The summed E-state index contributed by atoms with van der Waals surface area (Å²) in [5.74, 6) is 1.94. The van der Waals surface area contributed by atoms with Crippen LogP contribution >= 0.6 is 0 Å². The van der Waals surface area contributed by atoms with Crippen LogP contribution in [0.2, 0.25) is 0 Å². The van der Waals surface area contributed by atoms with E-state index in [1.54, 1.807) is 33.5 Å². The maximum absolute atomic E-state index is 13.2. The van der Waals surface area contributed by atoms with E-state index in [1.807, 2.05) is 6.07 Å². The van der Waals surface area contributed by atoms with E-state index >= 15 is 0 Å². The molecule has 0 unspecified atom stereocenters. The number of nitrogens with one attached hydrogen (secondary N) is 1. The maximum Gasteiger partial charge on any atom is 0.164 e. The summed E-state index contributed by atoms with van der Waals surface area (Å²) < 4.78 is 34.4. The number of anilines is 1. The molecular weight excluding hydrogens is 301 g/mol. The maximum atomic E-state index is 13.2. The second kappa shape index (κ2) is 7.58. The lowest BCUT2D eigenvalue weighted by Crippen LogP contribution is -2.04. The van der Waals surface area contributed by atoms with Gasteiger partial charge in [-0.3, -0.25) is 0 Å². The van der Waals surface area contributed by atoms with E-state index in [2.05, 4.69) is 5.32 Å². The van der Waals surface area contributed by atoms with Gasteiger partial charge in [0.2, 0.25) is 0 Å². The molecule has 23 heavy (non-hydrogen) atoms. The Labute approximate surface area is 134 Å². The fourth-order valence-electron chi connectivity index (χ4n) is 2.23. The molecule has 0 saturated carbocycles. The SMILES string of the molecule is COc1cc(OC)c(OC)cc1CNc1ccc(F)cc1OC. The van der Waals surface area contributed by atoms with Gasteiger partial charge in [0, 0.05) is 24.2 Å². The van der Waals surface area contributed by atoms with Crippen molar-refractivity contribution in [3.05, 3.63) is 41.7 Å². The van der Waals surface area contributed by atoms with Crippen molar-refractivity contribution in [1.29, 1.82) is 0 Å². The van der Waals surface area contributed by atoms with Crippen LogP contribution in [0.5, 0.6) is 23.0 Å². The number of hydrogen-bond acceptors (Lipinski definition) is 5. The van der Waals surface area contributed by atoms with Crippen LogP contribution in [0.4, 0.5) is 10.1 Å². The molecule has 2 aromatic carbocycles. The standard InChI is InChI=1S/C17H20FNO4/c1-20-14-9-17(23-4)16(22-3)7-11(14)10-19-13-6-5-12(18)8-15(13)21-2/h5-9,19H,10H2,1-4H3. The van der Waals surface area contributed by atoms with E-state index in [4.69, 9.17) is 18.9 Å². The number of methoxy groups -OCH3 is 4. The van der Waals surface area contributed by atoms with Gasteiger partial charge < -0.3 is 24.3 Å². The number of halogens is 1. The molecule has 0 amide bonds. The number of hydrogen-bond donors (Lipinski definition) is 1. The summed E-state index contributed by atoms with van der Waals surface area (Å²) in [6, 6.07) is 7.92. The lowest BCUT2D eigenvalue weighted by atomic mass is 10.1. The van der Waals surface area contributed by atoms with Crippen molar-refractivity contribution in [2.24, 2.45) is 0 Å². The van der Waals surface area contributed by atoms with Gasteiger partial charge in [-0.2, -0.15) is 0 Å². The van der Waals surface area contributed by atoms with Crippen LogP contribution in [0.1, 0.15) is 5.56 Å². The summed E-state index contributed by atoms with van der Waals surface area (Å²) in [5, 5.41) is 3.20. The fourth-order valence-corrected chi connectivity index (χ4v) is 2.23. The highest BCUT2D eigenvalue weighted by Gasteiger charge is 2.12. The van der Waals surface area contributed by atoms with Crippen LogP contribution in [0.25, 0.3) is 0 Å². The molecule has 0 bridgehead atoms. The highest BCUT2D eigenvalue weighted by Crippen LogP contribution is 2.35. The molecule has 5 nitrogen and oxygen atoms in total. The van der Waals surface area contributed by atoms with Crippen molar-refractivity contribution in [3.8, 4) is 23.0 Å². The zero-order chi connectivity index (χ0) is 16.8. The Balaban J connectivity index is 2.26. The molecule has 0 aliphatic rings. The first-order valence-electron chi connectivity index (χ1n) is 6.99. The Bertz CT molecular complexity index is 676. The topological polar surface area (TPSA) is 49.0 Å². The Kier molecular flexibility index (Phi) is 5.51. The van der Waals surface area contributed by atoms with Crippen molar-refractivity contribution in [2.75, 3.05) is 33.8 Å². The minimum absolute atomic E-state index is 0.351. The first-order chi connectivity index (χ1) is 11.1. The van der Waals surface area contributed by atoms with Gasteiger partial charge in [-0.1, -0.05) is 0 Å². The molecule has 124 valence electrons. The van der Waals surface area contributed by atoms with Crippen molar-refractivity contribution >= 4 is 5.69 Å². The predicted molar refractivity (Wildman–Crippen MR) is 86.4 cm³/mol. The molecule has 6 heteroatoms. The van der Waals surface area contributed by atoms with Crippen LogP contribution < -0.4 is 24.3 Å². The number of rotatable bonds is 7. The van der Waals surface area contributed by atoms with Crippen molar-refractivity contribution in [2.45, 2.75) is 6.54 Å². The van der Waals surface area contributed by atoms with Crippen LogP contribution in [0, 0.1) is 5.82 Å². The molecule has 0 heterocycles. The first kappa shape index (κ1) is 16.7. The number of benzene rings is 2. The van der Waals surface area contributed by atoms with E-state index in [0.717, 1.165) is 5.56 Å². The Morgan fingerprint density at radius 2 is 1.39 bits per heavy atom. The second-order valence-corrected chi connectivity index (χ2v) is 4.72. The molecule has 2 aromatic rings. The molecule has 0 saturated heterocycles. The van der Waals surface area contributed by atoms with Gasteiger partial charge >= 0.3 is 0 Å². The lowest BCUT2D eigenvalue weighted by molar-refractivity contribution is 0.347. The van der Waals surface area contributed by atoms with Gasteiger partial charge in [-0.05, 0) is 18.2 Å². The predicted octanol–water partition coefficient (Wildman–Crippen LogP) is 3.47. The highest BCUT2D eigenvalue weighted by molar-refractivity contribution is 5.58. The molecular formula is C17H20FNO4. The Hall–Kier alpha value is -2.63. The highest BCUT2D eigenvalue weighted by atomic mass is 19.1. The molecule has 0 radical (unpaired) electrons. The summed E-state index contributed by atoms with van der Waals surface area (Å²) in [7, 11) is 6.23. The van der Waals surface area contributed by atoms with E-state index in [9.17, 15) is 4.39 Å². The third-order valence-electron chi connectivity index (χ3n) is 3.42. The summed E-state index contributed by atoms with van der Waals surface area (Å²) in [5.41, 5.74) is 1.56. The molecule has 0 aliphatic carbocycles. The zero-order valence-electron chi connectivity index (χ0n) is 13.6. The van der Waals surface area contributed by atoms with E-state index in [1.165, 1.54) is 19.2 Å². The minimum atomic E-state index is -0.351. The molecule has 2 rings (SSSR count). The minimum Gasteiger partial charge on any atom is -0.496 e. The van der Waals surface area contributed by atoms with Crippen LogP contribution in [0.15, 0.2) is 30.3 Å². The zero-order valence-corrected chi connectivity index (χ0v) is 13.6. The van der Waals surface area contributed by atoms with E-state index < -0.39 is 0 Å². The quantitative estimate of drug-likeness (QED) is 0.846. The van der Waals surface area contributed by atoms with Crippen molar-refractivity contribution < 1.29 is 23.3 Å². The van der Waals surface area contributed by atoms with Gasteiger partial charge in [0.05, 0.1) is 34.1 Å². The summed E-state index contributed by atoms with van der Waals surface area (Å²) >= 11 is 0. The van der Waals surface area contributed by atoms with Gasteiger partial charge in [0.25, 0.3) is 0 Å². The number of ether oxygens (including phenoxy) is 4. The van der Waals surface area contributed by atoms with Gasteiger partial charge in [0.15, 0.2) is 11.5 Å². The summed E-state index contributed by atoms with van der Waals surface area (Å²) in [6.07, 6.45) is 0. The monoisotopic (exact) mass is 321 g/mol. The Morgan fingerprint density at radius 1 is 0.783 bits per heavy atom. The fraction of sp³-hybridized carbons (Fsp3) is 0.294. The van der Waals surface area contributed by atoms with E-state index in [-0.39, 0.29) is 5.82 Å². The molecule has 1 N–H and O–H groups in total.